The SMILES string of the molecule is COC(=O)c1c(NC(=O)c2cccc(Cn3nc(C)c(Cl)c3C)c2)c(C)nn1C. The molecule has 8 nitrogen and oxygen atoms in total. The molecular weight excluding hydrogens is 394 g/mol. The number of carbonyl (C=O) groups is 2. The molecule has 29 heavy (non-hydrogen) atoms. The van der Waals surface area contributed by atoms with E-state index in [0.29, 0.717) is 28.5 Å². The third kappa shape index (κ3) is 4.02. The van der Waals surface area contributed by atoms with E-state index in [9.17, 15) is 9.59 Å². The van der Waals surface area contributed by atoms with Gasteiger partial charge in [-0.1, -0.05) is 23.7 Å². The van der Waals surface area contributed by atoms with Gasteiger partial charge in [0.05, 0.1) is 41.4 Å². The Hall–Kier alpha value is -3.13. The second kappa shape index (κ2) is 8.08. The molecule has 3 aromatic rings. The Balaban J connectivity index is 1.85. The summed E-state index contributed by atoms with van der Waals surface area (Å²) in [5.74, 6) is -0.918. The topological polar surface area (TPSA) is 91.0 Å². The third-order valence-electron chi connectivity index (χ3n) is 4.65. The predicted molar refractivity (Wildman–Crippen MR) is 109 cm³/mol. The van der Waals surface area contributed by atoms with Crippen LogP contribution in [0.1, 0.15) is 43.5 Å². The van der Waals surface area contributed by atoms with Gasteiger partial charge >= 0.3 is 5.97 Å². The van der Waals surface area contributed by atoms with E-state index < -0.39 is 5.97 Å². The normalized spacial score (nSPS) is 10.8. The maximum atomic E-state index is 12.8. The molecule has 1 aromatic carbocycles. The number of halogens is 1. The van der Waals surface area contributed by atoms with Crippen LogP contribution in [0.15, 0.2) is 24.3 Å². The van der Waals surface area contributed by atoms with Gasteiger partial charge < -0.3 is 10.1 Å². The first-order valence-corrected chi connectivity index (χ1v) is 9.32. The first-order chi connectivity index (χ1) is 13.7. The Morgan fingerprint density at radius 2 is 1.90 bits per heavy atom. The highest BCUT2D eigenvalue weighted by atomic mass is 35.5. The van der Waals surface area contributed by atoms with E-state index in [-0.39, 0.29) is 11.6 Å². The molecule has 0 atom stereocenters. The van der Waals surface area contributed by atoms with Gasteiger partial charge in [0, 0.05) is 12.6 Å². The van der Waals surface area contributed by atoms with Crippen molar-refractivity contribution in [3.05, 3.63) is 63.2 Å². The van der Waals surface area contributed by atoms with Crippen molar-refractivity contribution in [2.75, 3.05) is 12.4 Å². The molecule has 0 fully saturated rings. The average Bonchev–Trinajstić information content (AvgIpc) is 3.10. The molecule has 0 aliphatic rings. The number of aryl methyl sites for hydroxylation is 3. The summed E-state index contributed by atoms with van der Waals surface area (Å²) in [7, 11) is 2.90. The van der Waals surface area contributed by atoms with Crippen molar-refractivity contribution < 1.29 is 14.3 Å². The van der Waals surface area contributed by atoms with Gasteiger partial charge in [-0.15, -0.1) is 0 Å². The van der Waals surface area contributed by atoms with Gasteiger partial charge in [0.15, 0.2) is 5.69 Å². The molecule has 0 saturated carbocycles. The molecule has 0 aliphatic heterocycles. The molecule has 0 saturated heterocycles. The van der Waals surface area contributed by atoms with Crippen LogP contribution in [0.5, 0.6) is 0 Å². The molecule has 152 valence electrons. The van der Waals surface area contributed by atoms with E-state index in [0.717, 1.165) is 17.0 Å². The number of amides is 1. The second-order valence-corrected chi connectivity index (χ2v) is 7.10. The van der Waals surface area contributed by atoms with E-state index in [1.54, 1.807) is 36.9 Å². The monoisotopic (exact) mass is 415 g/mol. The maximum Gasteiger partial charge on any atom is 0.358 e. The van der Waals surface area contributed by atoms with Crippen molar-refractivity contribution >= 4 is 29.2 Å². The Bertz CT molecular complexity index is 1100. The van der Waals surface area contributed by atoms with Crippen molar-refractivity contribution in [2.45, 2.75) is 27.3 Å². The van der Waals surface area contributed by atoms with E-state index in [1.807, 2.05) is 19.9 Å². The summed E-state index contributed by atoms with van der Waals surface area (Å²) in [6.07, 6.45) is 0. The van der Waals surface area contributed by atoms with Crippen LogP contribution in [-0.4, -0.2) is 38.5 Å². The summed E-state index contributed by atoms with van der Waals surface area (Å²) in [6, 6.07) is 7.20. The summed E-state index contributed by atoms with van der Waals surface area (Å²) >= 11 is 6.21. The molecular formula is C20H22ClN5O3. The number of carbonyl (C=O) groups excluding carboxylic acids is 2. The highest BCUT2D eigenvalue weighted by molar-refractivity contribution is 6.31. The van der Waals surface area contributed by atoms with Crippen LogP contribution in [-0.2, 0) is 18.3 Å². The molecule has 0 radical (unpaired) electrons. The summed E-state index contributed by atoms with van der Waals surface area (Å²) < 4.78 is 7.98. The molecule has 2 heterocycles. The van der Waals surface area contributed by atoms with Crippen molar-refractivity contribution in [1.82, 2.24) is 19.6 Å². The Labute approximate surface area is 173 Å². The number of methoxy groups -OCH3 is 1. The molecule has 0 spiro atoms. The highest BCUT2D eigenvalue weighted by Gasteiger charge is 2.23. The lowest BCUT2D eigenvalue weighted by Crippen LogP contribution is -2.17. The minimum atomic E-state index is -0.571. The predicted octanol–water partition coefficient (Wildman–Crippen LogP) is 3.28. The van der Waals surface area contributed by atoms with Gasteiger partial charge in [-0.3, -0.25) is 14.2 Å². The van der Waals surface area contributed by atoms with E-state index in [4.69, 9.17) is 16.3 Å². The van der Waals surface area contributed by atoms with Gasteiger partial charge in [0.2, 0.25) is 0 Å². The molecule has 0 unspecified atom stereocenters. The van der Waals surface area contributed by atoms with Gasteiger partial charge in [0.1, 0.15) is 0 Å². The number of rotatable bonds is 5. The van der Waals surface area contributed by atoms with Crippen LogP contribution in [0, 0.1) is 20.8 Å². The van der Waals surface area contributed by atoms with Gasteiger partial charge in [-0.05, 0) is 38.5 Å². The van der Waals surface area contributed by atoms with Crippen molar-refractivity contribution in [3.63, 3.8) is 0 Å². The van der Waals surface area contributed by atoms with Crippen LogP contribution in [0.25, 0.3) is 0 Å². The van der Waals surface area contributed by atoms with Crippen LogP contribution in [0.4, 0.5) is 5.69 Å². The Morgan fingerprint density at radius 1 is 1.17 bits per heavy atom. The van der Waals surface area contributed by atoms with Crippen LogP contribution in [0.3, 0.4) is 0 Å². The number of hydrogen-bond donors (Lipinski definition) is 1. The lowest BCUT2D eigenvalue weighted by atomic mass is 10.1. The molecule has 2 aromatic heterocycles. The quantitative estimate of drug-likeness (QED) is 0.645. The highest BCUT2D eigenvalue weighted by Crippen LogP contribution is 2.23. The second-order valence-electron chi connectivity index (χ2n) is 6.72. The fourth-order valence-electron chi connectivity index (χ4n) is 3.14. The molecule has 1 amide bonds. The number of benzene rings is 1. The number of esters is 1. The first-order valence-electron chi connectivity index (χ1n) is 8.94. The lowest BCUT2D eigenvalue weighted by molar-refractivity contribution is 0.0589. The van der Waals surface area contributed by atoms with Gasteiger partial charge in [-0.2, -0.15) is 10.2 Å². The zero-order valence-corrected chi connectivity index (χ0v) is 17.7. The van der Waals surface area contributed by atoms with E-state index >= 15 is 0 Å². The number of aromatic nitrogens is 4. The Kier molecular flexibility index (Phi) is 5.74. The number of ether oxygens (including phenoxy) is 1. The van der Waals surface area contributed by atoms with Crippen LogP contribution in [0.2, 0.25) is 5.02 Å². The molecule has 0 bridgehead atoms. The lowest BCUT2D eigenvalue weighted by Gasteiger charge is -2.09. The average molecular weight is 416 g/mol. The number of hydrogen-bond acceptors (Lipinski definition) is 5. The Morgan fingerprint density at radius 3 is 2.52 bits per heavy atom. The standard InChI is InChI=1S/C20H22ClN5O3/c1-11-16(21)13(3)26(24-11)10-14-7-6-8-15(9-14)19(27)22-17-12(2)23-25(4)18(17)20(28)29-5/h6-9H,10H2,1-5H3,(H,22,27). The molecule has 3 rings (SSSR count). The zero-order chi connectivity index (χ0) is 21.3. The third-order valence-corrected chi connectivity index (χ3v) is 5.20. The minimum Gasteiger partial charge on any atom is -0.464 e. The smallest absolute Gasteiger partial charge is 0.358 e. The number of nitrogens with zero attached hydrogens (tertiary/aromatic N) is 4. The summed E-state index contributed by atoms with van der Waals surface area (Å²) in [5, 5.41) is 12.0. The summed E-state index contributed by atoms with van der Waals surface area (Å²) in [4.78, 5) is 24.9. The van der Waals surface area contributed by atoms with Crippen LogP contribution >= 0.6 is 11.6 Å². The van der Waals surface area contributed by atoms with Gasteiger partial charge in [-0.25, -0.2) is 4.79 Å². The van der Waals surface area contributed by atoms with E-state index in [1.165, 1.54) is 11.8 Å². The summed E-state index contributed by atoms with van der Waals surface area (Å²) in [5.41, 5.74) is 4.03. The van der Waals surface area contributed by atoms with Crippen molar-refractivity contribution in [3.8, 4) is 0 Å². The van der Waals surface area contributed by atoms with Crippen LogP contribution < -0.4 is 5.32 Å². The molecule has 1 N–H and O–H groups in total. The minimum absolute atomic E-state index is 0.187. The van der Waals surface area contributed by atoms with Crippen molar-refractivity contribution in [2.24, 2.45) is 7.05 Å². The van der Waals surface area contributed by atoms with Gasteiger partial charge in [0.25, 0.3) is 5.91 Å². The zero-order valence-electron chi connectivity index (χ0n) is 16.9. The fourth-order valence-corrected chi connectivity index (χ4v) is 3.27. The molecule has 9 heteroatoms. The molecule has 0 aliphatic carbocycles. The number of nitrogens with one attached hydrogen (secondary N) is 1. The first kappa shape index (κ1) is 20.6. The largest absolute Gasteiger partial charge is 0.464 e. The maximum absolute atomic E-state index is 12.8. The number of anilines is 1. The van der Waals surface area contributed by atoms with Crippen molar-refractivity contribution in [1.29, 1.82) is 0 Å². The summed E-state index contributed by atoms with van der Waals surface area (Å²) in [6.45, 7) is 5.95. The fraction of sp³-hybridized carbons (Fsp3) is 0.300. The van der Waals surface area contributed by atoms with E-state index in [2.05, 4.69) is 15.5 Å².